The second-order valence-corrected chi connectivity index (χ2v) is 5.89. The van der Waals surface area contributed by atoms with E-state index in [1.807, 2.05) is 6.92 Å². The molecule has 0 aromatic rings. The minimum atomic E-state index is -0.312. The predicted octanol–water partition coefficient (Wildman–Crippen LogP) is 3.10. The molecule has 0 bridgehead atoms. The highest BCUT2D eigenvalue weighted by atomic mass is 16.6. The van der Waals surface area contributed by atoms with Gasteiger partial charge in [0.15, 0.2) is 0 Å². The van der Waals surface area contributed by atoms with Crippen LogP contribution < -0.4 is 5.32 Å². The van der Waals surface area contributed by atoms with Gasteiger partial charge in [-0.25, -0.2) is 4.79 Å². The van der Waals surface area contributed by atoms with E-state index in [0.29, 0.717) is 24.5 Å². The van der Waals surface area contributed by atoms with E-state index in [9.17, 15) is 4.79 Å². The average molecular weight is 269 g/mol. The molecule has 2 fully saturated rings. The van der Waals surface area contributed by atoms with Crippen LogP contribution in [-0.2, 0) is 9.47 Å². The van der Waals surface area contributed by atoms with E-state index in [0.717, 1.165) is 6.42 Å². The summed E-state index contributed by atoms with van der Waals surface area (Å²) in [5, 5.41) is 3.00. The second kappa shape index (κ2) is 6.60. The van der Waals surface area contributed by atoms with Gasteiger partial charge in [0.2, 0.25) is 0 Å². The number of nitrogens with one attached hydrogen (secondary N) is 1. The van der Waals surface area contributed by atoms with Crippen molar-refractivity contribution in [3.8, 4) is 0 Å². The second-order valence-electron chi connectivity index (χ2n) is 5.89. The number of ether oxygens (including phenoxy) is 2. The molecule has 1 saturated carbocycles. The lowest BCUT2D eigenvalue weighted by molar-refractivity contribution is 0.140. The molecule has 1 amide bonds. The summed E-state index contributed by atoms with van der Waals surface area (Å²) < 4.78 is 10.9. The summed E-state index contributed by atoms with van der Waals surface area (Å²) in [6.45, 7) is 6.56. The molecule has 0 aromatic carbocycles. The zero-order valence-corrected chi connectivity index (χ0v) is 12.4. The molecule has 4 unspecified atom stereocenters. The number of carbonyl (C=O) groups excluding carboxylic acids is 1. The van der Waals surface area contributed by atoms with Crippen LogP contribution in [0.15, 0.2) is 0 Å². The van der Waals surface area contributed by atoms with Crippen LogP contribution in [0.2, 0.25) is 0 Å². The molecular formula is C15H27NO3. The maximum Gasteiger partial charge on any atom is 0.407 e. The Hall–Kier alpha value is -0.770. The smallest absolute Gasteiger partial charge is 0.407 e. The van der Waals surface area contributed by atoms with E-state index in [4.69, 9.17) is 9.47 Å². The maximum absolute atomic E-state index is 11.6. The molecule has 1 heterocycles. The highest BCUT2D eigenvalue weighted by Gasteiger charge is 2.51. The average Bonchev–Trinajstić information content (AvgIpc) is 2.99. The summed E-state index contributed by atoms with van der Waals surface area (Å²) in [6, 6.07) is 0.0923. The Labute approximate surface area is 116 Å². The number of hydrogen-bond acceptors (Lipinski definition) is 3. The van der Waals surface area contributed by atoms with E-state index in [2.05, 4.69) is 19.2 Å². The van der Waals surface area contributed by atoms with Gasteiger partial charge in [-0.3, -0.25) is 0 Å². The van der Waals surface area contributed by atoms with Crippen molar-refractivity contribution in [1.82, 2.24) is 5.32 Å². The van der Waals surface area contributed by atoms with Crippen LogP contribution in [0.3, 0.4) is 0 Å². The third-order valence-electron chi connectivity index (χ3n) is 4.60. The summed E-state index contributed by atoms with van der Waals surface area (Å²) in [6.07, 6.45) is 6.52. The van der Waals surface area contributed by atoms with Gasteiger partial charge >= 0.3 is 6.09 Å². The molecule has 19 heavy (non-hydrogen) atoms. The van der Waals surface area contributed by atoms with Crippen LogP contribution in [0.25, 0.3) is 0 Å². The predicted molar refractivity (Wildman–Crippen MR) is 74.0 cm³/mol. The first-order valence-corrected chi connectivity index (χ1v) is 7.76. The fraction of sp³-hybridized carbons (Fsp3) is 0.933. The first kappa shape index (κ1) is 14.6. The van der Waals surface area contributed by atoms with E-state index in [1.54, 1.807) is 0 Å². The van der Waals surface area contributed by atoms with Crippen molar-refractivity contribution in [2.45, 2.75) is 71.1 Å². The van der Waals surface area contributed by atoms with Crippen molar-refractivity contribution in [1.29, 1.82) is 0 Å². The van der Waals surface area contributed by atoms with Crippen LogP contribution >= 0.6 is 0 Å². The molecule has 4 nitrogen and oxygen atoms in total. The maximum atomic E-state index is 11.6. The summed E-state index contributed by atoms with van der Waals surface area (Å²) in [4.78, 5) is 11.6. The van der Waals surface area contributed by atoms with Gasteiger partial charge in [-0.2, -0.15) is 0 Å². The number of hydrogen-bond donors (Lipinski definition) is 1. The van der Waals surface area contributed by atoms with Gasteiger partial charge in [0.1, 0.15) is 6.10 Å². The summed E-state index contributed by atoms with van der Waals surface area (Å²) >= 11 is 0. The fourth-order valence-electron chi connectivity index (χ4n) is 3.20. The van der Waals surface area contributed by atoms with E-state index in [1.165, 1.54) is 25.7 Å². The lowest BCUT2D eigenvalue weighted by atomic mass is 9.91. The number of carbonyl (C=O) groups is 1. The normalized spacial score (nSPS) is 29.8. The van der Waals surface area contributed by atoms with Crippen LogP contribution in [0.5, 0.6) is 0 Å². The van der Waals surface area contributed by atoms with Gasteiger partial charge < -0.3 is 14.8 Å². The van der Waals surface area contributed by atoms with Gasteiger partial charge in [-0.1, -0.05) is 33.1 Å². The van der Waals surface area contributed by atoms with Crippen molar-refractivity contribution in [2.24, 2.45) is 11.8 Å². The zero-order valence-electron chi connectivity index (χ0n) is 12.4. The quantitative estimate of drug-likeness (QED) is 0.754. The number of epoxide rings is 1. The zero-order chi connectivity index (χ0) is 13.8. The van der Waals surface area contributed by atoms with Crippen molar-refractivity contribution in [2.75, 3.05) is 6.61 Å². The minimum absolute atomic E-state index is 0.0923. The van der Waals surface area contributed by atoms with Crippen LogP contribution in [0, 0.1) is 11.8 Å². The van der Waals surface area contributed by atoms with Crippen LogP contribution in [0.4, 0.5) is 4.79 Å². The molecule has 2 aliphatic rings. The molecule has 4 heteroatoms. The summed E-state index contributed by atoms with van der Waals surface area (Å²) in [7, 11) is 0. The molecule has 1 aliphatic carbocycles. The third kappa shape index (κ3) is 3.62. The standard InChI is InChI=1S/C15H27NO3/c1-4-10(3)12(16-15(17)18-5-2)14-13(19-14)11-8-6-7-9-11/h10-14H,4-9H2,1-3H3,(H,16,17). The first-order chi connectivity index (χ1) is 9.17. The molecule has 2 rings (SSSR count). The van der Waals surface area contributed by atoms with Gasteiger partial charge in [0, 0.05) is 0 Å². The highest BCUT2D eigenvalue weighted by Crippen LogP contribution is 2.42. The van der Waals surface area contributed by atoms with Gasteiger partial charge in [0.25, 0.3) is 0 Å². The number of amides is 1. The van der Waals surface area contributed by atoms with Crippen molar-refractivity contribution < 1.29 is 14.3 Å². The molecule has 0 spiro atoms. The Kier molecular flexibility index (Phi) is 5.08. The lowest BCUT2D eigenvalue weighted by Gasteiger charge is -2.22. The lowest BCUT2D eigenvalue weighted by Crippen LogP contribution is -2.44. The fourth-order valence-corrected chi connectivity index (χ4v) is 3.20. The molecule has 4 atom stereocenters. The van der Waals surface area contributed by atoms with Gasteiger partial charge in [-0.15, -0.1) is 0 Å². The monoisotopic (exact) mass is 269 g/mol. The SMILES string of the molecule is CCOC(=O)NC(C(C)CC)C1OC1C1CCCC1. The third-order valence-corrected chi connectivity index (χ3v) is 4.60. The minimum Gasteiger partial charge on any atom is -0.450 e. The van der Waals surface area contributed by atoms with E-state index in [-0.39, 0.29) is 18.2 Å². The van der Waals surface area contributed by atoms with Crippen molar-refractivity contribution in [3.63, 3.8) is 0 Å². The van der Waals surface area contributed by atoms with Crippen molar-refractivity contribution in [3.05, 3.63) is 0 Å². The Morgan fingerprint density at radius 3 is 2.63 bits per heavy atom. The highest BCUT2D eigenvalue weighted by molar-refractivity contribution is 5.67. The first-order valence-electron chi connectivity index (χ1n) is 7.76. The topological polar surface area (TPSA) is 50.9 Å². The number of rotatable bonds is 6. The molecule has 0 radical (unpaired) electrons. The molecule has 1 aliphatic heterocycles. The molecule has 1 saturated heterocycles. The van der Waals surface area contributed by atoms with E-state index < -0.39 is 0 Å². The van der Waals surface area contributed by atoms with Gasteiger partial charge in [-0.05, 0) is 31.6 Å². The Morgan fingerprint density at radius 2 is 2.05 bits per heavy atom. The number of alkyl carbamates (subject to hydrolysis) is 1. The van der Waals surface area contributed by atoms with Crippen LogP contribution in [-0.4, -0.2) is 30.9 Å². The molecule has 1 N–H and O–H groups in total. The molecule has 110 valence electrons. The van der Waals surface area contributed by atoms with E-state index >= 15 is 0 Å². The Morgan fingerprint density at radius 1 is 1.37 bits per heavy atom. The van der Waals surface area contributed by atoms with Crippen molar-refractivity contribution >= 4 is 6.09 Å². The molecule has 0 aromatic heterocycles. The summed E-state index contributed by atoms with van der Waals surface area (Å²) in [5.41, 5.74) is 0. The Balaban J connectivity index is 1.89. The van der Waals surface area contributed by atoms with Gasteiger partial charge in [0.05, 0.1) is 18.8 Å². The Bertz CT molecular complexity index is 302. The van der Waals surface area contributed by atoms with Crippen LogP contribution in [0.1, 0.15) is 52.9 Å². The largest absolute Gasteiger partial charge is 0.450 e. The molecular weight excluding hydrogens is 242 g/mol. The summed E-state index contributed by atoms with van der Waals surface area (Å²) in [5.74, 6) is 1.13.